The summed E-state index contributed by atoms with van der Waals surface area (Å²) in [6, 6.07) is 7.87. The van der Waals surface area contributed by atoms with E-state index in [-0.39, 0.29) is 12.6 Å². The molecule has 1 aromatic carbocycles. The summed E-state index contributed by atoms with van der Waals surface area (Å²) >= 11 is 5.68. The fraction of sp³-hybridized carbons (Fsp3) is 0.500. The first kappa shape index (κ1) is 17.2. The number of benzene rings is 1. The van der Waals surface area contributed by atoms with Crippen molar-refractivity contribution in [3.8, 4) is 0 Å². The second-order valence-electron chi connectivity index (χ2n) is 4.57. The van der Waals surface area contributed by atoms with Crippen LogP contribution < -0.4 is 0 Å². The quantitative estimate of drug-likeness (QED) is 0.329. The minimum atomic E-state index is -1.47. The maximum Gasteiger partial charge on any atom is 0.338 e. The van der Waals surface area contributed by atoms with Crippen LogP contribution in [0.25, 0.3) is 0 Å². The second-order valence-corrected chi connectivity index (χ2v) is 7.11. The molecule has 0 saturated heterocycles. The summed E-state index contributed by atoms with van der Waals surface area (Å²) in [7, 11) is -1.47. The van der Waals surface area contributed by atoms with E-state index in [0.717, 1.165) is 18.0 Å². The van der Waals surface area contributed by atoms with Gasteiger partial charge in [-0.25, -0.2) is 4.79 Å². The third-order valence-electron chi connectivity index (χ3n) is 2.72. The lowest BCUT2D eigenvalue weighted by Gasteiger charge is -2.07. The van der Waals surface area contributed by atoms with Crippen LogP contribution in [-0.2, 0) is 15.4 Å². The molecule has 0 heterocycles. The Morgan fingerprint density at radius 3 is 2.55 bits per heavy atom. The van der Waals surface area contributed by atoms with Crippen LogP contribution >= 0.6 is 11.6 Å². The number of esters is 1. The van der Waals surface area contributed by atoms with Crippen molar-refractivity contribution in [3.05, 3.63) is 35.4 Å². The van der Waals surface area contributed by atoms with Gasteiger partial charge in [0.25, 0.3) is 0 Å². The van der Waals surface area contributed by atoms with Crippen LogP contribution in [0.3, 0.4) is 0 Å². The van der Waals surface area contributed by atoms with Gasteiger partial charge in [0.05, 0.1) is 12.2 Å². The molecule has 0 radical (unpaired) electrons. The molecule has 0 amide bonds. The molecule has 1 atom stereocenters. The smallest absolute Gasteiger partial charge is 0.338 e. The maximum absolute atomic E-state index is 11.7. The fourth-order valence-corrected chi connectivity index (χ4v) is 2.53. The summed E-state index contributed by atoms with van der Waals surface area (Å²) in [5, 5.41) is 0. The lowest BCUT2D eigenvalue weighted by atomic mass is 10.1. The predicted molar refractivity (Wildman–Crippen MR) is 81.8 cm³/mol. The predicted octanol–water partition coefficient (Wildman–Crippen LogP) is 2.33. The molecule has 112 valence electrons. The molecule has 0 bridgehead atoms. The normalized spacial score (nSPS) is 12.2. The van der Waals surface area contributed by atoms with Gasteiger partial charge in [-0.1, -0.05) is 12.1 Å². The zero-order valence-electron chi connectivity index (χ0n) is 11.7. The first-order valence-electron chi connectivity index (χ1n) is 6.71. The van der Waals surface area contributed by atoms with Gasteiger partial charge in [-0.15, -0.1) is 11.6 Å². The van der Waals surface area contributed by atoms with Crippen LogP contribution in [0, 0.1) is 0 Å². The van der Waals surface area contributed by atoms with E-state index < -0.39 is 9.04 Å². The highest BCUT2D eigenvalue weighted by Gasteiger charge is 2.06. The van der Waals surface area contributed by atoms with E-state index in [0.29, 0.717) is 24.7 Å². The number of alkyl halides is 1. The van der Waals surface area contributed by atoms with E-state index in [2.05, 4.69) is 0 Å². The van der Waals surface area contributed by atoms with E-state index in [1.54, 1.807) is 24.3 Å². The SMILES string of the molecule is C[SiH](O)CCCOCCOC(=O)c1ccc(CCl)cc1. The highest BCUT2D eigenvalue weighted by Crippen LogP contribution is 2.08. The first-order chi connectivity index (χ1) is 9.63. The van der Waals surface area contributed by atoms with E-state index in [4.69, 9.17) is 21.1 Å². The summed E-state index contributed by atoms with van der Waals surface area (Å²) in [6.45, 7) is 3.10. The van der Waals surface area contributed by atoms with Gasteiger partial charge in [-0.05, 0) is 36.7 Å². The third-order valence-corrected chi connectivity index (χ3v) is 4.27. The summed E-state index contributed by atoms with van der Waals surface area (Å²) in [5.74, 6) is 0.0736. The molecule has 0 aliphatic heterocycles. The van der Waals surface area contributed by atoms with Gasteiger partial charge in [0, 0.05) is 12.5 Å². The van der Waals surface area contributed by atoms with Crippen molar-refractivity contribution in [2.24, 2.45) is 0 Å². The van der Waals surface area contributed by atoms with Gasteiger partial charge in [0.1, 0.15) is 6.61 Å². The van der Waals surface area contributed by atoms with Crippen molar-refractivity contribution in [2.75, 3.05) is 19.8 Å². The fourth-order valence-electron chi connectivity index (χ4n) is 1.59. The van der Waals surface area contributed by atoms with E-state index in [9.17, 15) is 9.59 Å². The molecule has 0 aromatic heterocycles. The maximum atomic E-state index is 11.7. The molecule has 1 N–H and O–H groups in total. The number of ether oxygens (including phenoxy) is 2. The monoisotopic (exact) mass is 316 g/mol. The Morgan fingerprint density at radius 2 is 1.95 bits per heavy atom. The van der Waals surface area contributed by atoms with Gasteiger partial charge >= 0.3 is 5.97 Å². The zero-order valence-corrected chi connectivity index (χ0v) is 13.6. The van der Waals surface area contributed by atoms with Crippen LogP contribution in [-0.4, -0.2) is 39.6 Å². The summed E-state index contributed by atoms with van der Waals surface area (Å²) in [4.78, 5) is 20.9. The molecule has 1 aromatic rings. The minimum absolute atomic E-state index is 0.238. The number of rotatable bonds is 9. The van der Waals surface area contributed by atoms with Crippen LogP contribution in [0.15, 0.2) is 24.3 Å². The van der Waals surface area contributed by atoms with Crippen LogP contribution in [0.2, 0.25) is 12.6 Å². The van der Waals surface area contributed by atoms with Gasteiger partial charge in [0.2, 0.25) is 0 Å². The van der Waals surface area contributed by atoms with Crippen molar-refractivity contribution in [1.82, 2.24) is 0 Å². The number of halogens is 1. The molecule has 4 nitrogen and oxygen atoms in total. The first-order valence-corrected chi connectivity index (χ1v) is 9.73. The van der Waals surface area contributed by atoms with Crippen LogP contribution in [0.4, 0.5) is 0 Å². The Kier molecular flexibility index (Phi) is 8.53. The van der Waals surface area contributed by atoms with Crippen LogP contribution in [0.5, 0.6) is 0 Å². The molecule has 0 spiro atoms. The summed E-state index contributed by atoms with van der Waals surface area (Å²) in [5.41, 5.74) is 1.48. The van der Waals surface area contributed by atoms with Crippen molar-refractivity contribution in [1.29, 1.82) is 0 Å². The number of carbonyl (C=O) groups is 1. The average molecular weight is 317 g/mol. The Balaban J connectivity index is 2.13. The molecule has 6 heteroatoms. The largest absolute Gasteiger partial charge is 0.460 e. The number of hydrogen-bond donors (Lipinski definition) is 1. The van der Waals surface area contributed by atoms with Crippen molar-refractivity contribution in [3.63, 3.8) is 0 Å². The minimum Gasteiger partial charge on any atom is -0.460 e. The molecule has 1 rings (SSSR count). The highest BCUT2D eigenvalue weighted by atomic mass is 35.5. The Bertz CT molecular complexity index is 395. The average Bonchev–Trinajstić information content (AvgIpc) is 2.45. The number of hydrogen-bond acceptors (Lipinski definition) is 4. The number of carbonyl (C=O) groups excluding carboxylic acids is 1. The standard InChI is InChI=1S/C14H21ClO4Si/c1-20(17)10-2-7-18-8-9-19-14(16)13-5-3-12(11-15)4-6-13/h3-6,17,20H,2,7-11H2,1H3. The topological polar surface area (TPSA) is 55.8 Å². The van der Waals surface area contributed by atoms with Crippen molar-refractivity contribution in [2.45, 2.75) is 24.9 Å². The van der Waals surface area contributed by atoms with Gasteiger partial charge < -0.3 is 14.3 Å². The molecule has 1 unspecified atom stereocenters. The Labute approximate surface area is 126 Å². The van der Waals surface area contributed by atoms with Gasteiger partial charge in [0.15, 0.2) is 9.04 Å². The Hall–Kier alpha value is -0.883. The second kappa shape index (κ2) is 9.93. The van der Waals surface area contributed by atoms with Crippen molar-refractivity contribution < 1.29 is 19.1 Å². The molecule has 0 aliphatic carbocycles. The summed E-state index contributed by atoms with van der Waals surface area (Å²) in [6.07, 6.45) is 0.859. The van der Waals surface area contributed by atoms with Crippen molar-refractivity contribution >= 4 is 26.6 Å². The molecular weight excluding hydrogens is 296 g/mol. The Morgan fingerprint density at radius 1 is 1.25 bits per heavy atom. The summed E-state index contributed by atoms with van der Waals surface area (Å²) < 4.78 is 10.4. The molecule has 0 aliphatic rings. The lowest BCUT2D eigenvalue weighted by Crippen LogP contribution is -2.12. The lowest BCUT2D eigenvalue weighted by molar-refractivity contribution is 0.0318. The zero-order chi connectivity index (χ0) is 14.8. The van der Waals surface area contributed by atoms with E-state index in [1.807, 2.05) is 6.55 Å². The third kappa shape index (κ3) is 7.05. The van der Waals surface area contributed by atoms with E-state index in [1.165, 1.54) is 0 Å². The molecule has 0 fully saturated rings. The molecule has 20 heavy (non-hydrogen) atoms. The van der Waals surface area contributed by atoms with Crippen LogP contribution in [0.1, 0.15) is 22.3 Å². The molecular formula is C14H21ClO4Si. The van der Waals surface area contributed by atoms with Gasteiger partial charge in [-0.3, -0.25) is 0 Å². The van der Waals surface area contributed by atoms with Gasteiger partial charge in [-0.2, -0.15) is 0 Å². The highest BCUT2D eigenvalue weighted by molar-refractivity contribution is 6.48. The van der Waals surface area contributed by atoms with E-state index >= 15 is 0 Å². The molecule has 0 saturated carbocycles.